The first-order valence-electron chi connectivity index (χ1n) is 7.84. The Balaban J connectivity index is 1.87. The summed E-state index contributed by atoms with van der Waals surface area (Å²) in [6.45, 7) is 1.92. The SMILES string of the molecule is CC(Cc1c(Cl)cccc1Cl)NC(=O)C1CCC(C(=O)O)CC1. The maximum atomic E-state index is 12.3. The predicted octanol–water partition coefficient (Wildman–Crippen LogP) is 3.93. The summed E-state index contributed by atoms with van der Waals surface area (Å²) in [5.41, 5.74) is 0.832. The average molecular weight is 358 g/mol. The summed E-state index contributed by atoms with van der Waals surface area (Å²) in [7, 11) is 0. The summed E-state index contributed by atoms with van der Waals surface area (Å²) in [6.07, 6.45) is 2.95. The van der Waals surface area contributed by atoms with Crippen LogP contribution in [0.3, 0.4) is 0 Å². The number of carboxylic acid groups (broad SMARTS) is 1. The van der Waals surface area contributed by atoms with Crippen LogP contribution in [-0.2, 0) is 16.0 Å². The van der Waals surface area contributed by atoms with Gasteiger partial charge in [0.1, 0.15) is 0 Å². The highest BCUT2D eigenvalue weighted by Crippen LogP contribution is 2.29. The van der Waals surface area contributed by atoms with Gasteiger partial charge in [0.05, 0.1) is 5.92 Å². The van der Waals surface area contributed by atoms with E-state index in [-0.39, 0.29) is 23.8 Å². The fourth-order valence-electron chi connectivity index (χ4n) is 3.05. The van der Waals surface area contributed by atoms with E-state index in [2.05, 4.69) is 5.32 Å². The van der Waals surface area contributed by atoms with E-state index in [0.29, 0.717) is 42.1 Å². The molecule has 126 valence electrons. The molecule has 0 aliphatic heterocycles. The van der Waals surface area contributed by atoms with Gasteiger partial charge < -0.3 is 10.4 Å². The number of halogens is 2. The molecule has 0 aromatic heterocycles. The van der Waals surface area contributed by atoms with Crippen molar-refractivity contribution in [2.75, 3.05) is 0 Å². The molecule has 1 aromatic rings. The molecule has 0 saturated heterocycles. The van der Waals surface area contributed by atoms with Crippen molar-refractivity contribution in [2.45, 2.75) is 45.1 Å². The Kier molecular flexibility index (Phi) is 6.31. The van der Waals surface area contributed by atoms with Gasteiger partial charge in [0.2, 0.25) is 5.91 Å². The quantitative estimate of drug-likeness (QED) is 0.838. The Labute approximate surface area is 146 Å². The van der Waals surface area contributed by atoms with Crippen molar-refractivity contribution < 1.29 is 14.7 Å². The minimum absolute atomic E-state index is 0.00971. The molecule has 2 rings (SSSR count). The largest absolute Gasteiger partial charge is 0.481 e. The second kappa shape index (κ2) is 8.02. The molecule has 1 aliphatic rings. The van der Waals surface area contributed by atoms with Crippen LogP contribution in [0, 0.1) is 11.8 Å². The number of aliphatic carboxylic acids is 1. The summed E-state index contributed by atoms with van der Waals surface area (Å²) >= 11 is 12.3. The maximum Gasteiger partial charge on any atom is 0.306 e. The van der Waals surface area contributed by atoms with E-state index in [9.17, 15) is 9.59 Å². The maximum absolute atomic E-state index is 12.3. The number of hydrogen-bond donors (Lipinski definition) is 2. The summed E-state index contributed by atoms with van der Waals surface area (Å²) in [6, 6.07) is 5.27. The lowest BCUT2D eigenvalue weighted by Crippen LogP contribution is -2.40. The van der Waals surface area contributed by atoms with E-state index in [1.165, 1.54) is 0 Å². The fraction of sp³-hybridized carbons (Fsp3) is 0.529. The van der Waals surface area contributed by atoms with Crippen molar-refractivity contribution in [3.8, 4) is 0 Å². The topological polar surface area (TPSA) is 66.4 Å². The van der Waals surface area contributed by atoms with Gasteiger partial charge in [-0.1, -0.05) is 29.3 Å². The van der Waals surface area contributed by atoms with Gasteiger partial charge in [-0.2, -0.15) is 0 Å². The number of rotatable bonds is 5. The smallest absolute Gasteiger partial charge is 0.306 e. The lowest BCUT2D eigenvalue weighted by atomic mass is 9.81. The lowest BCUT2D eigenvalue weighted by Gasteiger charge is -2.26. The highest BCUT2D eigenvalue weighted by atomic mass is 35.5. The molecular formula is C17H21Cl2NO3. The third-order valence-electron chi connectivity index (χ3n) is 4.41. The van der Waals surface area contributed by atoms with Crippen LogP contribution in [0.25, 0.3) is 0 Å². The molecular weight excluding hydrogens is 337 g/mol. The van der Waals surface area contributed by atoms with Crippen molar-refractivity contribution in [1.82, 2.24) is 5.32 Å². The van der Waals surface area contributed by atoms with Crippen LogP contribution in [-0.4, -0.2) is 23.0 Å². The van der Waals surface area contributed by atoms with Gasteiger partial charge in [-0.15, -0.1) is 0 Å². The molecule has 1 atom stereocenters. The standard InChI is InChI=1S/C17H21Cl2NO3/c1-10(9-13-14(18)3-2-4-15(13)19)20-16(21)11-5-7-12(8-6-11)17(22)23/h2-4,10-12H,5-9H2,1H3,(H,20,21)(H,22,23). The second-order valence-corrected chi connectivity index (χ2v) is 7.02. The van der Waals surface area contributed by atoms with Gasteiger partial charge in [-0.3, -0.25) is 9.59 Å². The molecule has 0 radical (unpaired) electrons. The Morgan fingerprint density at radius 3 is 2.22 bits per heavy atom. The molecule has 1 fully saturated rings. The Morgan fingerprint density at radius 1 is 1.17 bits per heavy atom. The second-order valence-electron chi connectivity index (χ2n) is 6.20. The Bertz CT molecular complexity index is 563. The van der Waals surface area contributed by atoms with Crippen LogP contribution in [0.15, 0.2) is 18.2 Å². The minimum atomic E-state index is -0.759. The van der Waals surface area contributed by atoms with E-state index in [4.69, 9.17) is 28.3 Å². The number of benzene rings is 1. The van der Waals surface area contributed by atoms with Gasteiger partial charge >= 0.3 is 5.97 Å². The number of nitrogens with one attached hydrogen (secondary N) is 1. The molecule has 6 heteroatoms. The van der Waals surface area contributed by atoms with Crippen LogP contribution in [0.5, 0.6) is 0 Å². The molecule has 1 amide bonds. The third-order valence-corrected chi connectivity index (χ3v) is 5.12. The Hall–Kier alpha value is -1.26. The summed E-state index contributed by atoms with van der Waals surface area (Å²) < 4.78 is 0. The van der Waals surface area contributed by atoms with Crippen LogP contribution in [0.4, 0.5) is 0 Å². The minimum Gasteiger partial charge on any atom is -0.481 e. The first-order valence-corrected chi connectivity index (χ1v) is 8.60. The molecule has 2 N–H and O–H groups in total. The zero-order valence-electron chi connectivity index (χ0n) is 13.0. The van der Waals surface area contributed by atoms with Crippen molar-refractivity contribution in [1.29, 1.82) is 0 Å². The van der Waals surface area contributed by atoms with E-state index < -0.39 is 5.97 Å². The average Bonchev–Trinajstić information content (AvgIpc) is 2.51. The van der Waals surface area contributed by atoms with Crippen LogP contribution < -0.4 is 5.32 Å². The van der Waals surface area contributed by atoms with Gasteiger partial charge in [-0.05, 0) is 56.7 Å². The van der Waals surface area contributed by atoms with E-state index in [1.54, 1.807) is 18.2 Å². The van der Waals surface area contributed by atoms with Crippen molar-refractivity contribution in [2.24, 2.45) is 11.8 Å². The number of carbonyl (C=O) groups excluding carboxylic acids is 1. The summed E-state index contributed by atoms with van der Waals surface area (Å²) in [5, 5.41) is 13.2. The van der Waals surface area contributed by atoms with Crippen molar-refractivity contribution in [3.05, 3.63) is 33.8 Å². The number of carboxylic acids is 1. The molecule has 1 aromatic carbocycles. The van der Waals surface area contributed by atoms with Crippen molar-refractivity contribution >= 4 is 35.1 Å². The molecule has 0 spiro atoms. The normalized spacial score (nSPS) is 22.4. The monoisotopic (exact) mass is 357 g/mol. The zero-order valence-corrected chi connectivity index (χ0v) is 14.5. The van der Waals surface area contributed by atoms with Gasteiger partial charge in [0, 0.05) is 22.0 Å². The molecule has 1 aliphatic carbocycles. The van der Waals surface area contributed by atoms with Gasteiger partial charge in [-0.25, -0.2) is 0 Å². The summed E-state index contributed by atoms with van der Waals surface area (Å²) in [5.74, 6) is -1.18. The molecule has 4 nitrogen and oxygen atoms in total. The third kappa shape index (κ3) is 4.85. The summed E-state index contributed by atoms with van der Waals surface area (Å²) in [4.78, 5) is 23.3. The fourth-order valence-corrected chi connectivity index (χ4v) is 3.60. The van der Waals surface area contributed by atoms with Crippen molar-refractivity contribution in [3.63, 3.8) is 0 Å². The first-order chi connectivity index (χ1) is 10.9. The van der Waals surface area contributed by atoms with E-state index in [1.807, 2.05) is 6.92 Å². The lowest BCUT2D eigenvalue weighted by molar-refractivity contribution is -0.144. The van der Waals surface area contributed by atoms with Crippen LogP contribution >= 0.6 is 23.2 Å². The molecule has 0 bridgehead atoms. The number of carbonyl (C=O) groups is 2. The Morgan fingerprint density at radius 2 is 1.70 bits per heavy atom. The van der Waals surface area contributed by atoms with Crippen LogP contribution in [0.2, 0.25) is 10.0 Å². The highest BCUT2D eigenvalue weighted by Gasteiger charge is 2.30. The van der Waals surface area contributed by atoms with Gasteiger partial charge in [0.25, 0.3) is 0 Å². The van der Waals surface area contributed by atoms with E-state index >= 15 is 0 Å². The number of hydrogen-bond acceptors (Lipinski definition) is 2. The highest BCUT2D eigenvalue weighted by molar-refractivity contribution is 6.36. The zero-order chi connectivity index (χ0) is 17.0. The molecule has 1 unspecified atom stereocenters. The predicted molar refractivity (Wildman–Crippen MR) is 90.9 cm³/mol. The first kappa shape index (κ1) is 18.1. The molecule has 0 heterocycles. The van der Waals surface area contributed by atoms with E-state index in [0.717, 1.165) is 5.56 Å². The van der Waals surface area contributed by atoms with Crippen LogP contribution in [0.1, 0.15) is 38.2 Å². The molecule has 23 heavy (non-hydrogen) atoms. The van der Waals surface area contributed by atoms with Gasteiger partial charge in [0.15, 0.2) is 0 Å². The number of amides is 1. The molecule has 1 saturated carbocycles.